The number of rotatable bonds is 10. The standard InChI is InChI=1S/C25H27BrN2O5S/c1-17(19-9-11-20(26)12-10-19)27-25(29)22(15-18-7-5-4-6-8-18)28-34(30,31)21-13-14-23(32-2)24(16-21)33-3/h4-14,16-17,22,28H,15H2,1-3H3,(H,27,29)/t17-,22-/m1/s1. The van der Waals surface area contributed by atoms with E-state index in [2.05, 4.69) is 26.0 Å². The molecule has 0 unspecified atom stereocenters. The fraction of sp³-hybridized carbons (Fsp3) is 0.240. The monoisotopic (exact) mass is 546 g/mol. The number of hydrogen-bond acceptors (Lipinski definition) is 5. The number of halogens is 1. The van der Waals surface area contributed by atoms with Gasteiger partial charge in [0, 0.05) is 10.5 Å². The number of sulfonamides is 1. The second kappa shape index (κ2) is 11.5. The van der Waals surface area contributed by atoms with Crippen molar-refractivity contribution in [2.24, 2.45) is 0 Å². The van der Waals surface area contributed by atoms with Gasteiger partial charge in [-0.15, -0.1) is 0 Å². The third-order valence-corrected chi connectivity index (χ3v) is 7.29. The topological polar surface area (TPSA) is 93.7 Å². The first kappa shape index (κ1) is 25.7. The van der Waals surface area contributed by atoms with E-state index in [4.69, 9.17) is 9.47 Å². The van der Waals surface area contributed by atoms with Crippen LogP contribution < -0.4 is 19.5 Å². The summed E-state index contributed by atoms with van der Waals surface area (Å²) >= 11 is 3.40. The number of hydrogen-bond donors (Lipinski definition) is 2. The van der Waals surface area contributed by atoms with E-state index in [1.807, 2.05) is 61.5 Å². The molecule has 2 N–H and O–H groups in total. The Bertz CT molecular complexity index is 1220. The Labute approximate surface area is 208 Å². The molecule has 2 atom stereocenters. The summed E-state index contributed by atoms with van der Waals surface area (Å²) in [4.78, 5) is 13.2. The van der Waals surface area contributed by atoms with E-state index in [1.54, 1.807) is 0 Å². The van der Waals surface area contributed by atoms with Crippen LogP contribution in [0.5, 0.6) is 11.5 Å². The Morgan fingerprint density at radius 2 is 1.59 bits per heavy atom. The van der Waals surface area contributed by atoms with Crippen LogP contribution in [0.15, 0.2) is 82.2 Å². The van der Waals surface area contributed by atoms with Crippen LogP contribution in [0, 0.1) is 0 Å². The normalized spacial score (nSPS) is 13.1. The minimum atomic E-state index is -4.04. The van der Waals surface area contributed by atoms with Crippen LogP contribution in [0.4, 0.5) is 0 Å². The van der Waals surface area contributed by atoms with Gasteiger partial charge in [-0.1, -0.05) is 58.4 Å². The van der Waals surface area contributed by atoms with Gasteiger partial charge in [0.25, 0.3) is 0 Å². The molecule has 0 aliphatic heterocycles. The van der Waals surface area contributed by atoms with Gasteiger partial charge in [0.15, 0.2) is 11.5 Å². The zero-order valence-corrected chi connectivity index (χ0v) is 21.5. The van der Waals surface area contributed by atoms with E-state index in [1.165, 1.54) is 32.4 Å². The number of amides is 1. The molecule has 0 spiro atoms. The van der Waals surface area contributed by atoms with Gasteiger partial charge in [0.2, 0.25) is 15.9 Å². The molecule has 1 amide bonds. The molecule has 0 aromatic heterocycles. The predicted octanol–water partition coefficient (Wildman–Crippen LogP) is 4.23. The largest absolute Gasteiger partial charge is 0.493 e. The van der Waals surface area contributed by atoms with Gasteiger partial charge in [0.05, 0.1) is 25.2 Å². The highest BCUT2D eigenvalue weighted by Gasteiger charge is 2.28. The molecule has 0 aliphatic rings. The summed E-state index contributed by atoms with van der Waals surface area (Å²) in [7, 11) is -1.14. The van der Waals surface area contributed by atoms with Crippen molar-refractivity contribution in [1.29, 1.82) is 0 Å². The first-order valence-electron chi connectivity index (χ1n) is 10.6. The maximum absolute atomic E-state index is 13.2. The SMILES string of the molecule is COc1ccc(S(=O)(=O)N[C@H](Cc2ccccc2)C(=O)N[C@H](C)c2ccc(Br)cc2)cc1OC. The lowest BCUT2D eigenvalue weighted by molar-refractivity contribution is -0.123. The van der Waals surface area contributed by atoms with Crippen molar-refractivity contribution in [2.45, 2.75) is 30.3 Å². The molecule has 0 saturated heterocycles. The van der Waals surface area contributed by atoms with E-state index in [9.17, 15) is 13.2 Å². The molecule has 3 aromatic rings. The maximum atomic E-state index is 13.2. The average molecular weight is 547 g/mol. The lowest BCUT2D eigenvalue weighted by Gasteiger charge is -2.22. The Morgan fingerprint density at radius 1 is 0.941 bits per heavy atom. The van der Waals surface area contributed by atoms with Crippen molar-refractivity contribution in [3.63, 3.8) is 0 Å². The van der Waals surface area contributed by atoms with E-state index < -0.39 is 22.0 Å². The summed E-state index contributed by atoms with van der Waals surface area (Å²) < 4.78 is 40.3. The lowest BCUT2D eigenvalue weighted by Crippen LogP contribution is -2.48. The second-order valence-electron chi connectivity index (χ2n) is 7.66. The van der Waals surface area contributed by atoms with E-state index in [0.717, 1.165) is 15.6 Å². The predicted molar refractivity (Wildman–Crippen MR) is 135 cm³/mol. The van der Waals surface area contributed by atoms with Crippen LogP contribution in [0.3, 0.4) is 0 Å². The molecule has 34 heavy (non-hydrogen) atoms. The molecule has 0 saturated carbocycles. The summed E-state index contributed by atoms with van der Waals surface area (Å²) in [5.74, 6) is 0.255. The van der Waals surface area contributed by atoms with Crippen molar-refractivity contribution in [2.75, 3.05) is 14.2 Å². The third-order valence-electron chi connectivity index (χ3n) is 5.29. The quantitative estimate of drug-likeness (QED) is 0.396. The third kappa shape index (κ3) is 6.59. The molecule has 3 rings (SSSR count). The summed E-state index contributed by atoms with van der Waals surface area (Å²) in [6.07, 6.45) is 0.187. The van der Waals surface area contributed by atoms with Crippen molar-refractivity contribution in [1.82, 2.24) is 10.0 Å². The van der Waals surface area contributed by atoms with Gasteiger partial charge in [-0.25, -0.2) is 8.42 Å². The molecule has 0 bridgehead atoms. The highest BCUT2D eigenvalue weighted by Crippen LogP contribution is 2.29. The van der Waals surface area contributed by atoms with Gasteiger partial charge in [-0.05, 0) is 48.7 Å². The molecule has 180 valence electrons. The number of benzene rings is 3. The Kier molecular flexibility index (Phi) is 8.71. The van der Waals surface area contributed by atoms with Crippen LogP contribution in [-0.4, -0.2) is 34.6 Å². The Morgan fingerprint density at radius 3 is 2.21 bits per heavy atom. The summed E-state index contributed by atoms with van der Waals surface area (Å²) in [5.41, 5.74) is 1.73. The molecule has 9 heteroatoms. The summed E-state index contributed by atoms with van der Waals surface area (Å²) in [5, 5.41) is 2.92. The average Bonchev–Trinajstić information content (AvgIpc) is 2.84. The van der Waals surface area contributed by atoms with Gasteiger partial charge < -0.3 is 14.8 Å². The molecular formula is C25H27BrN2O5S. The number of carbonyl (C=O) groups is 1. The molecule has 0 radical (unpaired) electrons. The van der Waals surface area contributed by atoms with Gasteiger partial charge in [-0.3, -0.25) is 4.79 Å². The number of ether oxygens (including phenoxy) is 2. The smallest absolute Gasteiger partial charge is 0.241 e. The van der Waals surface area contributed by atoms with Gasteiger partial charge >= 0.3 is 0 Å². The number of nitrogens with one attached hydrogen (secondary N) is 2. The van der Waals surface area contributed by atoms with E-state index in [-0.39, 0.29) is 23.1 Å². The highest BCUT2D eigenvalue weighted by atomic mass is 79.9. The number of carbonyl (C=O) groups excluding carboxylic acids is 1. The van der Waals surface area contributed by atoms with Crippen LogP contribution in [0.2, 0.25) is 0 Å². The van der Waals surface area contributed by atoms with E-state index >= 15 is 0 Å². The van der Waals surface area contributed by atoms with Crippen LogP contribution in [-0.2, 0) is 21.2 Å². The molecule has 3 aromatic carbocycles. The lowest BCUT2D eigenvalue weighted by atomic mass is 10.0. The van der Waals surface area contributed by atoms with Crippen molar-refractivity contribution in [3.8, 4) is 11.5 Å². The molecule has 0 aliphatic carbocycles. The number of methoxy groups -OCH3 is 2. The fourth-order valence-corrected chi connectivity index (χ4v) is 4.90. The minimum Gasteiger partial charge on any atom is -0.493 e. The first-order chi connectivity index (χ1) is 16.2. The summed E-state index contributed by atoms with van der Waals surface area (Å²) in [6.45, 7) is 1.85. The van der Waals surface area contributed by atoms with Crippen LogP contribution in [0.25, 0.3) is 0 Å². The zero-order valence-electron chi connectivity index (χ0n) is 19.1. The van der Waals surface area contributed by atoms with Crippen LogP contribution in [0.1, 0.15) is 24.1 Å². The van der Waals surface area contributed by atoms with Gasteiger partial charge in [0.1, 0.15) is 6.04 Å². The van der Waals surface area contributed by atoms with Crippen molar-refractivity contribution >= 4 is 31.9 Å². The van der Waals surface area contributed by atoms with Crippen molar-refractivity contribution in [3.05, 3.63) is 88.4 Å². The highest BCUT2D eigenvalue weighted by molar-refractivity contribution is 9.10. The van der Waals surface area contributed by atoms with Crippen molar-refractivity contribution < 1.29 is 22.7 Å². The van der Waals surface area contributed by atoms with Gasteiger partial charge in [-0.2, -0.15) is 4.72 Å². The second-order valence-corrected chi connectivity index (χ2v) is 10.3. The summed E-state index contributed by atoms with van der Waals surface area (Å²) in [6, 6.07) is 19.8. The van der Waals surface area contributed by atoms with Crippen LogP contribution >= 0.6 is 15.9 Å². The fourth-order valence-electron chi connectivity index (χ4n) is 3.43. The Hall–Kier alpha value is -2.88. The molecule has 7 nitrogen and oxygen atoms in total. The maximum Gasteiger partial charge on any atom is 0.241 e. The molecule has 0 fully saturated rings. The first-order valence-corrected chi connectivity index (χ1v) is 12.8. The van der Waals surface area contributed by atoms with E-state index in [0.29, 0.717) is 5.75 Å². The molecular weight excluding hydrogens is 520 g/mol. The minimum absolute atomic E-state index is 0.0306. The zero-order chi connectivity index (χ0) is 24.7. The molecule has 0 heterocycles. The Balaban J connectivity index is 1.86.